The van der Waals surface area contributed by atoms with Gasteiger partial charge in [0.05, 0.1) is 17.9 Å². The first-order valence-electron chi connectivity index (χ1n) is 8.72. The summed E-state index contributed by atoms with van der Waals surface area (Å²) in [5, 5.41) is 7.95. The van der Waals surface area contributed by atoms with Gasteiger partial charge in [0.2, 0.25) is 5.88 Å². The first-order valence-corrected chi connectivity index (χ1v) is 8.72. The molecule has 1 saturated heterocycles. The molecule has 0 saturated carbocycles. The van der Waals surface area contributed by atoms with Crippen molar-refractivity contribution in [2.75, 3.05) is 19.7 Å². The fraction of sp³-hybridized carbons (Fsp3) is 0.474. The number of likely N-dealkylation sites (tertiary alicyclic amines) is 1. The summed E-state index contributed by atoms with van der Waals surface area (Å²) in [6.45, 7) is 4.71. The van der Waals surface area contributed by atoms with E-state index >= 15 is 0 Å². The van der Waals surface area contributed by atoms with Gasteiger partial charge in [0.15, 0.2) is 0 Å². The van der Waals surface area contributed by atoms with Gasteiger partial charge in [-0.05, 0) is 56.5 Å². The zero-order valence-electron chi connectivity index (χ0n) is 14.7. The second-order valence-electron chi connectivity index (χ2n) is 6.74. The maximum absolute atomic E-state index is 12.8. The normalized spacial score (nSPS) is 16.6. The smallest absolute Gasteiger partial charge is 0.416 e. The number of halogens is 3. The summed E-state index contributed by atoms with van der Waals surface area (Å²) < 4.78 is 44.1. The van der Waals surface area contributed by atoms with E-state index in [4.69, 9.17) is 4.74 Å². The molecule has 1 fully saturated rings. The van der Waals surface area contributed by atoms with Gasteiger partial charge in [-0.3, -0.25) is 4.90 Å². The molecule has 0 spiro atoms. The molecule has 1 aromatic heterocycles. The third-order valence-corrected chi connectivity index (χ3v) is 4.61. The maximum Gasteiger partial charge on any atom is 0.416 e. The minimum atomic E-state index is -4.29. The van der Waals surface area contributed by atoms with Gasteiger partial charge in [0.1, 0.15) is 0 Å². The third-order valence-electron chi connectivity index (χ3n) is 4.61. The van der Waals surface area contributed by atoms with E-state index in [2.05, 4.69) is 15.1 Å². The third kappa shape index (κ3) is 5.17. The SMILES string of the molecule is Cc1ccc(OCC2CCN(Cc3cccc(C(F)(F)F)c3)CC2)nn1. The van der Waals surface area contributed by atoms with Gasteiger partial charge in [-0.15, -0.1) is 5.10 Å². The molecular weight excluding hydrogens is 343 g/mol. The van der Waals surface area contributed by atoms with Gasteiger partial charge < -0.3 is 4.74 Å². The highest BCUT2D eigenvalue weighted by molar-refractivity contribution is 5.25. The second kappa shape index (κ2) is 8.03. The number of rotatable bonds is 5. The highest BCUT2D eigenvalue weighted by atomic mass is 19.4. The van der Waals surface area contributed by atoms with Crippen LogP contribution in [-0.2, 0) is 12.7 Å². The predicted octanol–water partition coefficient (Wildman–Crippen LogP) is 4.09. The second-order valence-corrected chi connectivity index (χ2v) is 6.74. The first kappa shape index (κ1) is 18.6. The van der Waals surface area contributed by atoms with Crippen molar-refractivity contribution in [1.82, 2.24) is 15.1 Å². The molecule has 0 N–H and O–H groups in total. The predicted molar refractivity (Wildman–Crippen MR) is 91.7 cm³/mol. The molecule has 0 radical (unpaired) electrons. The summed E-state index contributed by atoms with van der Waals surface area (Å²) in [5.74, 6) is 0.956. The van der Waals surface area contributed by atoms with Gasteiger partial charge in [-0.1, -0.05) is 18.2 Å². The van der Waals surface area contributed by atoms with Crippen molar-refractivity contribution < 1.29 is 17.9 Å². The Hall–Kier alpha value is -2.15. The molecule has 1 aliphatic rings. The van der Waals surface area contributed by atoms with Crippen LogP contribution in [0.25, 0.3) is 0 Å². The van der Waals surface area contributed by atoms with Gasteiger partial charge in [0.25, 0.3) is 0 Å². The molecule has 7 heteroatoms. The summed E-state index contributed by atoms with van der Waals surface area (Å²) in [6.07, 6.45) is -2.38. The monoisotopic (exact) mass is 365 g/mol. The summed E-state index contributed by atoms with van der Waals surface area (Å²) in [7, 11) is 0. The lowest BCUT2D eigenvalue weighted by molar-refractivity contribution is -0.137. The lowest BCUT2D eigenvalue weighted by atomic mass is 9.97. The maximum atomic E-state index is 12.8. The average molecular weight is 365 g/mol. The van der Waals surface area contributed by atoms with Crippen LogP contribution in [0.5, 0.6) is 5.88 Å². The van der Waals surface area contributed by atoms with Gasteiger partial charge >= 0.3 is 6.18 Å². The number of aryl methyl sites for hydroxylation is 1. The van der Waals surface area contributed by atoms with Crippen molar-refractivity contribution in [3.63, 3.8) is 0 Å². The number of hydrogen-bond donors (Lipinski definition) is 0. The lowest BCUT2D eigenvalue weighted by Crippen LogP contribution is -2.35. The highest BCUT2D eigenvalue weighted by Gasteiger charge is 2.30. The highest BCUT2D eigenvalue weighted by Crippen LogP contribution is 2.30. The Morgan fingerprint density at radius 2 is 1.88 bits per heavy atom. The minimum absolute atomic E-state index is 0.427. The van der Waals surface area contributed by atoms with Crippen molar-refractivity contribution in [3.8, 4) is 5.88 Å². The zero-order chi connectivity index (χ0) is 18.6. The molecule has 0 unspecified atom stereocenters. The summed E-state index contributed by atoms with van der Waals surface area (Å²) in [5.41, 5.74) is 0.960. The molecule has 26 heavy (non-hydrogen) atoms. The lowest BCUT2D eigenvalue weighted by Gasteiger charge is -2.31. The Labute approximate surface area is 151 Å². The Bertz CT molecular complexity index is 711. The van der Waals surface area contributed by atoms with Crippen LogP contribution in [0.1, 0.15) is 29.7 Å². The fourth-order valence-corrected chi connectivity index (χ4v) is 3.08. The number of alkyl halides is 3. The Morgan fingerprint density at radius 3 is 2.54 bits per heavy atom. The van der Waals surface area contributed by atoms with Crippen molar-refractivity contribution in [3.05, 3.63) is 53.2 Å². The van der Waals surface area contributed by atoms with Crippen molar-refractivity contribution >= 4 is 0 Å². The molecule has 2 heterocycles. The standard InChI is InChI=1S/C19H22F3N3O/c1-14-5-6-18(24-23-14)26-13-15-7-9-25(10-8-15)12-16-3-2-4-17(11-16)19(20,21)22/h2-6,11,15H,7-10,12-13H2,1H3. The van der Waals surface area contributed by atoms with Crippen LogP contribution in [0.15, 0.2) is 36.4 Å². The minimum Gasteiger partial charge on any atom is -0.476 e. The zero-order valence-corrected chi connectivity index (χ0v) is 14.7. The molecule has 1 aliphatic heterocycles. The van der Waals surface area contributed by atoms with Crippen molar-refractivity contribution in [2.24, 2.45) is 5.92 Å². The van der Waals surface area contributed by atoms with Crippen molar-refractivity contribution in [1.29, 1.82) is 0 Å². The van der Waals surface area contributed by atoms with Crippen LogP contribution < -0.4 is 4.74 Å². The van der Waals surface area contributed by atoms with E-state index in [-0.39, 0.29) is 0 Å². The number of nitrogens with zero attached hydrogens (tertiary/aromatic N) is 3. The largest absolute Gasteiger partial charge is 0.476 e. The van der Waals surface area contributed by atoms with Crippen LogP contribution in [0.3, 0.4) is 0 Å². The first-order chi connectivity index (χ1) is 12.4. The number of hydrogen-bond acceptors (Lipinski definition) is 4. The van der Waals surface area contributed by atoms with E-state index in [0.29, 0.717) is 30.5 Å². The summed E-state index contributed by atoms with van der Waals surface area (Å²) in [4.78, 5) is 2.19. The molecule has 0 bridgehead atoms. The van der Waals surface area contributed by atoms with Crippen LogP contribution >= 0.6 is 0 Å². The quantitative estimate of drug-likeness (QED) is 0.800. The molecule has 3 rings (SSSR count). The fourth-order valence-electron chi connectivity index (χ4n) is 3.08. The number of benzene rings is 1. The van der Waals surface area contributed by atoms with E-state index in [1.807, 2.05) is 19.1 Å². The van der Waals surface area contributed by atoms with E-state index < -0.39 is 11.7 Å². The van der Waals surface area contributed by atoms with Gasteiger partial charge in [-0.2, -0.15) is 18.3 Å². The summed E-state index contributed by atoms with van der Waals surface area (Å²) in [6, 6.07) is 9.25. The number of piperidine rings is 1. The van der Waals surface area contributed by atoms with Gasteiger partial charge in [0, 0.05) is 12.6 Å². The molecule has 1 aromatic carbocycles. The molecule has 0 atom stereocenters. The molecule has 0 aliphatic carbocycles. The van der Waals surface area contributed by atoms with E-state index in [1.165, 1.54) is 12.1 Å². The Kier molecular flexibility index (Phi) is 5.76. The average Bonchev–Trinajstić information content (AvgIpc) is 2.62. The molecular formula is C19H22F3N3O. The molecule has 4 nitrogen and oxygen atoms in total. The van der Waals surface area contributed by atoms with Crippen molar-refractivity contribution in [2.45, 2.75) is 32.5 Å². The topological polar surface area (TPSA) is 38.2 Å². The van der Waals surface area contributed by atoms with Crippen LogP contribution in [-0.4, -0.2) is 34.8 Å². The van der Waals surface area contributed by atoms with Crippen LogP contribution in [0.4, 0.5) is 13.2 Å². The number of ether oxygens (including phenoxy) is 1. The summed E-state index contributed by atoms with van der Waals surface area (Å²) >= 11 is 0. The number of aromatic nitrogens is 2. The van der Waals surface area contributed by atoms with E-state index in [0.717, 1.165) is 37.7 Å². The molecule has 2 aromatic rings. The van der Waals surface area contributed by atoms with Crippen LogP contribution in [0.2, 0.25) is 0 Å². The molecule has 140 valence electrons. The Balaban J connectivity index is 1.46. The van der Waals surface area contributed by atoms with E-state index in [9.17, 15) is 13.2 Å². The Morgan fingerprint density at radius 1 is 1.12 bits per heavy atom. The molecule has 0 amide bonds. The van der Waals surface area contributed by atoms with Crippen LogP contribution in [0, 0.1) is 12.8 Å². The van der Waals surface area contributed by atoms with E-state index in [1.54, 1.807) is 6.07 Å². The van der Waals surface area contributed by atoms with Gasteiger partial charge in [-0.25, -0.2) is 0 Å².